The maximum atomic E-state index is 12.4. The minimum absolute atomic E-state index is 0.0524. The molecule has 1 saturated heterocycles. The van der Waals surface area contributed by atoms with Gasteiger partial charge in [0.25, 0.3) is 5.91 Å². The summed E-state index contributed by atoms with van der Waals surface area (Å²) in [5.41, 5.74) is 1.14. The zero-order valence-electron chi connectivity index (χ0n) is 9.97. The fourth-order valence-corrected chi connectivity index (χ4v) is 2.62. The molecule has 0 bridgehead atoms. The molecule has 1 fully saturated rings. The van der Waals surface area contributed by atoms with E-state index in [1.54, 1.807) is 10.7 Å². The molecule has 4 nitrogen and oxygen atoms in total. The Kier molecular flexibility index (Phi) is 2.96. The lowest BCUT2D eigenvalue weighted by atomic mass is 10.1. The molecule has 0 aromatic carbocycles. The Hall–Kier alpha value is -1.55. The molecule has 0 spiro atoms. The zero-order valence-corrected chi connectivity index (χ0v) is 10.7. The summed E-state index contributed by atoms with van der Waals surface area (Å²) in [6.07, 6.45) is 5.13. The highest BCUT2D eigenvalue weighted by atomic mass is 35.5. The van der Waals surface area contributed by atoms with E-state index in [1.807, 2.05) is 23.1 Å². The van der Waals surface area contributed by atoms with E-state index in [-0.39, 0.29) is 5.91 Å². The van der Waals surface area contributed by atoms with Gasteiger partial charge in [-0.1, -0.05) is 17.7 Å². The second-order valence-corrected chi connectivity index (χ2v) is 4.92. The van der Waals surface area contributed by atoms with Crippen LogP contribution in [0.25, 0.3) is 5.52 Å². The van der Waals surface area contributed by atoms with Crippen molar-refractivity contribution in [1.82, 2.24) is 14.5 Å². The van der Waals surface area contributed by atoms with Gasteiger partial charge in [0.2, 0.25) is 0 Å². The molecular formula is C13H14ClN3O. The number of amides is 1. The zero-order chi connectivity index (χ0) is 12.5. The van der Waals surface area contributed by atoms with Gasteiger partial charge in [-0.25, -0.2) is 4.52 Å². The quantitative estimate of drug-likeness (QED) is 0.793. The molecule has 0 saturated carbocycles. The Labute approximate surface area is 110 Å². The number of hydrogen-bond donors (Lipinski definition) is 0. The third kappa shape index (κ3) is 1.86. The van der Waals surface area contributed by atoms with E-state index < -0.39 is 0 Å². The first-order chi connectivity index (χ1) is 8.77. The first kappa shape index (κ1) is 11.5. The smallest absolute Gasteiger partial charge is 0.275 e. The van der Waals surface area contributed by atoms with Gasteiger partial charge >= 0.3 is 0 Å². The Morgan fingerprint density at radius 2 is 2.00 bits per heavy atom. The van der Waals surface area contributed by atoms with Crippen molar-refractivity contribution in [3.63, 3.8) is 0 Å². The molecule has 0 atom stereocenters. The van der Waals surface area contributed by atoms with Crippen molar-refractivity contribution in [3.8, 4) is 0 Å². The van der Waals surface area contributed by atoms with Crippen molar-refractivity contribution in [1.29, 1.82) is 0 Å². The lowest BCUT2D eigenvalue weighted by molar-refractivity contribution is 0.0718. The monoisotopic (exact) mass is 263 g/mol. The van der Waals surface area contributed by atoms with Crippen molar-refractivity contribution < 1.29 is 4.79 Å². The van der Waals surface area contributed by atoms with E-state index in [0.717, 1.165) is 31.4 Å². The summed E-state index contributed by atoms with van der Waals surface area (Å²) in [5, 5.41) is 4.73. The SMILES string of the molecule is O=C(c1nn2ccccc2c1Cl)N1CCCCC1. The van der Waals surface area contributed by atoms with Crippen LogP contribution in [0.4, 0.5) is 0 Å². The maximum Gasteiger partial charge on any atom is 0.275 e. The molecule has 94 valence electrons. The summed E-state index contributed by atoms with van der Waals surface area (Å²) < 4.78 is 1.65. The molecule has 3 rings (SSSR count). The number of pyridine rings is 1. The average Bonchev–Trinajstić information content (AvgIpc) is 2.77. The number of rotatable bonds is 1. The van der Waals surface area contributed by atoms with Crippen LogP contribution in [-0.4, -0.2) is 33.5 Å². The van der Waals surface area contributed by atoms with E-state index >= 15 is 0 Å². The van der Waals surface area contributed by atoms with Crippen molar-refractivity contribution >= 4 is 23.0 Å². The van der Waals surface area contributed by atoms with E-state index in [9.17, 15) is 4.79 Å². The highest BCUT2D eigenvalue weighted by Crippen LogP contribution is 2.23. The Morgan fingerprint density at radius 3 is 2.72 bits per heavy atom. The molecule has 1 aliphatic heterocycles. The van der Waals surface area contributed by atoms with Crippen LogP contribution in [0, 0.1) is 0 Å². The number of halogens is 1. The molecule has 5 heteroatoms. The largest absolute Gasteiger partial charge is 0.337 e. The van der Waals surface area contributed by atoms with Crippen LogP contribution in [-0.2, 0) is 0 Å². The Morgan fingerprint density at radius 1 is 1.22 bits per heavy atom. The third-order valence-electron chi connectivity index (χ3n) is 3.33. The van der Waals surface area contributed by atoms with Gasteiger partial charge < -0.3 is 4.90 Å². The van der Waals surface area contributed by atoms with Crippen LogP contribution in [0.3, 0.4) is 0 Å². The van der Waals surface area contributed by atoms with Gasteiger partial charge in [0.15, 0.2) is 5.69 Å². The van der Waals surface area contributed by atoms with Gasteiger partial charge in [0, 0.05) is 19.3 Å². The number of piperidine rings is 1. The van der Waals surface area contributed by atoms with E-state index in [2.05, 4.69) is 5.10 Å². The van der Waals surface area contributed by atoms with Gasteiger partial charge in [-0.3, -0.25) is 4.79 Å². The molecule has 0 radical (unpaired) electrons. The van der Waals surface area contributed by atoms with Crippen molar-refractivity contribution in [2.45, 2.75) is 19.3 Å². The predicted octanol–water partition coefficient (Wildman–Crippen LogP) is 2.61. The van der Waals surface area contributed by atoms with E-state index in [4.69, 9.17) is 11.6 Å². The molecule has 1 aliphatic rings. The second kappa shape index (κ2) is 4.61. The summed E-state index contributed by atoms with van der Waals surface area (Å²) in [5.74, 6) is -0.0524. The molecular weight excluding hydrogens is 250 g/mol. The molecule has 0 aliphatic carbocycles. The summed E-state index contributed by atoms with van der Waals surface area (Å²) in [6, 6.07) is 5.62. The molecule has 2 aromatic heterocycles. The van der Waals surface area contributed by atoms with Crippen LogP contribution >= 0.6 is 11.6 Å². The first-order valence-corrected chi connectivity index (χ1v) is 6.57. The summed E-state index contributed by atoms with van der Waals surface area (Å²) in [4.78, 5) is 14.2. The summed E-state index contributed by atoms with van der Waals surface area (Å²) in [7, 11) is 0. The van der Waals surface area contributed by atoms with Crippen molar-refractivity contribution in [2.24, 2.45) is 0 Å². The lowest BCUT2D eigenvalue weighted by Gasteiger charge is -2.25. The van der Waals surface area contributed by atoms with Gasteiger partial charge in [-0.2, -0.15) is 5.10 Å². The standard InChI is InChI=1S/C13H14ClN3O/c14-11-10-6-2-5-9-17(10)15-12(11)13(18)16-7-3-1-4-8-16/h2,5-6,9H,1,3-4,7-8H2. The van der Waals surface area contributed by atoms with Crippen LogP contribution < -0.4 is 0 Å². The van der Waals surface area contributed by atoms with Crippen molar-refractivity contribution in [3.05, 3.63) is 35.1 Å². The van der Waals surface area contributed by atoms with Crippen LogP contribution in [0.1, 0.15) is 29.8 Å². The topological polar surface area (TPSA) is 37.6 Å². The first-order valence-electron chi connectivity index (χ1n) is 6.19. The van der Waals surface area contributed by atoms with Crippen LogP contribution in [0.15, 0.2) is 24.4 Å². The van der Waals surface area contributed by atoms with Gasteiger partial charge in [0.05, 0.1) is 10.5 Å². The molecule has 2 aromatic rings. The highest BCUT2D eigenvalue weighted by Gasteiger charge is 2.24. The molecule has 0 unspecified atom stereocenters. The fraction of sp³-hybridized carbons (Fsp3) is 0.385. The minimum atomic E-state index is -0.0524. The molecule has 0 N–H and O–H groups in total. The third-order valence-corrected chi connectivity index (χ3v) is 3.70. The highest BCUT2D eigenvalue weighted by molar-refractivity contribution is 6.36. The molecule has 3 heterocycles. The van der Waals surface area contributed by atoms with Crippen LogP contribution in [0.5, 0.6) is 0 Å². The van der Waals surface area contributed by atoms with E-state index in [1.165, 1.54) is 6.42 Å². The Balaban J connectivity index is 1.98. The normalized spacial score (nSPS) is 16.2. The average molecular weight is 264 g/mol. The minimum Gasteiger partial charge on any atom is -0.337 e. The number of fused-ring (bicyclic) bond motifs is 1. The van der Waals surface area contributed by atoms with Gasteiger partial charge in [-0.15, -0.1) is 0 Å². The number of carbonyl (C=O) groups is 1. The number of carbonyl (C=O) groups excluding carboxylic acids is 1. The fourth-order valence-electron chi connectivity index (χ4n) is 2.35. The number of likely N-dealkylation sites (tertiary alicyclic amines) is 1. The lowest BCUT2D eigenvalue weighted by Crippen LogP contribution is -2.36. The number of nitrogens with zero attached hydrogens (tertiary/aromatic N) is 3. The van der Waals surface area contributed by atoms with Gasteiger partial charge in [-0.05, 0) is 31.4 Å². The van der Waals surface area contributed by atoms with E-state index in [0.29, 0.717) is 10.7 Å². The van der Waals surface area contributed by atoms with Gasteiger partial charge in [0.1, 0.15) is 0 Å². The molecule has 1 amide bonds. The summed E-state index contributed by atoms with van der Waals surface area (Å²) in [6.45, 7) is 1.62. The summed E-state index contributed by atoms with van der Waals surface area (Å²) >= 11 is 6.24. The maximum absolute atomic E-state index is 12.4. The predicted molar refractivity (Wildman–Crippen MR) is 70.0 cm³/mol. The van der Waals surface area contributed by atoms with Crippen LogP contribution in [0.2, 0.25) is 5.02 Å². The second-order valence-electron chi connectivity index (χ2n) is 4.55. The number of aromatic nitrogens is 2. The van der Waals surface area contributed by atoms with Crippen molar-refractivity contribution in [2.75, 3.05) is 13.1 Å². The molecule has 18 heavy (non-hydrogen) atoms. The Bertz CT molecular complexity index is 587. The number of hydrogen-bond acceptors (Lipinski definition) is 2.